The van der Waals surface area contributed by atoms with Crippen LogP contribution in [0.15, 0.2) is 30.3 Å². The van der Waals surface area contributed by atoms with Crippen LogP contribution in [0.4, 0.5) is 0 Å². The molecule has 4 nitrogen and oxygen atoms in total. The van der Waals surface area contributed by atoms with Crippen molar-refractivity contribution in [3.8, 4) is 0 Å². The average Bonchev–Trinajstić information content (AvgIpc) is 2.60. The summed E-state index contributed by atoms with van der Waals surface area (Å²) in [4.78, 5) is 12.1. The van der Waals surface area contributed by atoms with Gasteiger partial charge < -0.3 is 15.2 Å². The van der Waals surface area contributed by atoms with Crippen molar-refractivity contribution < 1.29 is 14.3 Å². The first-order valence-electron chi connectivity index (χ1n) is 8.73. The summed E-state index contributed by atoms with van der Waals surface area (Å²) in [5.74, 6) is -0.134. The number of ether oxygens (including phenoxy) is 2. The molecule has 1 aliphatic rings. The van der Waals surface area contributed by atoms with E-state index in [0.717, 1.165) is 32.3 Å². The maximum Gasteiger partial charge on any atom is 0.323 e. The number of hydrogen-bond donors (Lipinski definition) is 1. The van der Waals surface area contributed by atoms with Gasteiger partial charge in [-0.05, 0) is 44.6 Å². The minimum atomic E-state index is -0.514. The summed E-state index contributed by atoms with van der Waals surface area (Å²) in [6.45, 7) is 4.81. The van der Waals surface area contributed by atoms with Gasteiger partial charge in [-0.2, -0.15) is 0 Å². The highest BCUT2D eigenvalue weighted by Gasteiger charge is 2.33. The minimum Gasteiger partial charge on any atom is -0.461 e. The molecular formula is C19H29NO3. The van der Waals surface area contributed by atoms with Gasteiger partial charge in [-0.15, -0.1) is 0 Å². The third-order valence-corrected chi connectivity index (χ3v) is 4.54. The molecule has 1 aliphatic heterocycles. The maximum atomic E-state index is 12.1. The fourth-order valence-corrected chi connectivity index (χ4v) is 3.19. The Hall–Kier alpha value is -1.39. The third kappa shape index (κ3) is 5.33. The van der Waals surface area contributed by atoms with Crippen LogP contribution in [0.3, 0.4) is 0 Å². The van der Waals surface area contributed by atoms with E-state index >= 15 is 0 Å². The van der Waals surface area contributed by atoms with Crippen LogP contribution in [-0.4, -0.2) is 30.8 Å². The monoisotopic (exact) mass is 319 g/mol. The number of benzene rings is 1. The third-order valence-electron chi connectivity index (χ3n) is 4.54. The van der Waals surface area contributed by atoms with Crippen molar-refractivity contribution in [2.24, 2.45) is 11.7 Å². The van der Waals surface area contributed by atoms with Gasteiger partial charge in [0.25, 0.3) is 0 Å². The summed E-state index contributed by atoms with van der Waals surface area (Å²) in [6, 6.07) is 9.81. The van der Waals surface area contributed by atoms with Crippen LogP contribution in [0.5, 0.6) is 0 Å². The Balaban J connectivity index is 2.18. The van der Waals surface area contributed by atoms with Gasteiger partial charge in [-0.3, -0.25) is 4.79 Å². The van der Waals surface area contributed by atoms with Gasteiger partial charge in [-0.1, -0.05) is 37.3 Å². The molecule has 1 saturated heterocycles. The molecular weight excluding hydrogens is 290 g/mol. The fraction of sp³-hybridized carbons (Fsp3) is 0.632. The number of carbonyl (C=O) groups excluding carboxylic acids is 1. The van der Waals surface area contributed by atoms with Crippen LogP contribution in [0.1, 0.15) is 45.1 Å². The van der Waals surface area contributed by atoms with Gasteiger partial charge in [0, 0.05) is 12.5 Å². The highest BCUT2D eigenvalue weighted by atomic mass is 16.5. The Kier molecular flexibility index (Phi) is 7.06. The quantitative estimate of drug-likeness (QED) is 0.847. The van der Waals surface area contributed by atoms with Gasteiger partial charge in [0.05, 0.1) is 6.10 Å². The molecule has 2 rings (SSSR count). The van der Waals surface area contributed by atoms with Crippen molar-refractivity contribution in [2.45, 2.75) is 64.2 Å². The number of carbonyl (C=O) groups is 1. The molecule has 0 aliphatic carbocycles. The Morgan fingerprint density at radius 1 is 1.26 bits per heavy atom. The van der Waals surface area contributed by atoms with E-state index in [1.807, 2.05) is 25.1 Å². The summed E-state index contributed by atoms with van der Waals surface area (Å²) in [6.07, 6.45) is 4.21. The van der Waals surface area contributed by atoms with Crippen LogP contribution in [0, 0.1) is 5.92 Å². The number of nitrogens with two attached hydrogens (primary N) is 1. The van der Waals surface area contributed by atoms with Crippen molar-refractivity contribution in [1.29, 1.82) is 0 Å². The van der Waals surface area contributed by atoms with Gasteiger partial charge >= 0.3 is 5.97 Å². The molecule has 1 aromatic carbocycles. The summed E-state index contributed by atoms with van der Waals surface area (Å²) in [7, 11) is 0. The second kappa shape index (κ2) is 9.04. The molecule has 0 saturated carbocycles. The molecule has 1 heterocycles. The van der Waals surface area contributed by atoms with Gasteiger partial charge in [0.1, 0.15) is 12.1 Å². The van der Waals surface area contributed by atoms with Gasteiger partial charge in [0.2, 0.25) is 0 Å². The van der Waals surface area contributed by atoms with Crippen LogP contribution in [-0.2, 0) is 20.7 Å². The van der Waals surface area contributed by atoms with Crippen molar-refractivity contribution in [1.82, 2.24) is 0 Å². The zero-order chi connectivity index (χ0) is 16.7. The first-order chi connectivity index (χ1) is 11.1. The zero-order valence-corrected chi connectivity index (χ0v) is 14.2. The van der Waals surface area contributed by atoms with Crippen molar-refractivity contribution >= 4 is 5.97 Å². The molecule has 0 aromatic heterocycles. The smallest absolute Gasteiger partial charge is 0.323 e. The Morgan fingerprint density at radius 3 is 2.70 bits per heavy atom. The van der Waals surface area contributed by atoms with Gasteiger partial charge in [0.15, 0.2) is 0 Å². The Bertz CT molecular complexity index is 477. The summed E-state index contributed by atoms with van der Waals surface area (Å²) in [5, 5.41) is 0. The molecule has 1 fully saturated rings. The number of esters is 1. The van der Waals surface area contributed by atoms with E-state index in [-0.39, 0.29) is 24.1 Å². The topological polar surface area (TPSA) is 61.5 Å². The number of cyclic esters (lactones) is 1. The lowest BCUT2D eigenvalue weighted by Crippen LogP contribution is -2.39. The van der Waals surface area contributed by atoms with Crippen molar-refractivity contribution in [2.75, 3.05) is 6.61 Å². The zero-order valence-electron chi connectivity index (χ0n) is 14.2. The predicted octanol–water partition coefficient (Wildman–Crippen LogP) is 3.08. The van der Waals surface area contributed by atoms with Crippen LogP contribution >= 0.6 is 0 Å². The van der Waals surface area contributed by atoms with Gasteiger partial charge in [-0.25, -0.2) is 0 Å². The standard InChI is InChI=1S/C19H29NO3/c1-3-12-22-18-11-7-10-17(20)19(21)23-14(2)16(18)13-15-8-5-4-6-9-15/h4-6,8-9,14,16-18H,3,7,10-13,20H2,1-2H3/t14-,16-,17-,18-/m0/s1. The normalized spacial score (nSPS) is 29.3. The molecule has 0 bridgehead atoms. The molecule has 23 heavy (non-hydrogen) atoms. The lowest BCUT2D eigenvalue weighted by atomic mass is 9.87. The van der Waals surface area contributed by atoms with Crippen LogP contribution in [0.2, 0.25) is 0 Å². The first kappa shape index (κ1) is 18.0. The summed E-state index contributed by atoms with van der Waals surface area (Å²) in [5.41, 5.74) is 7.15. The van der Waals surface area contributed by atoms with Crippen LogP contribution in [0.25, 0.3) is 0 Å². The predicted molar refractivity (Wildman–Crippen MR) is 91.0 cm³/mol. The lowest BCUT2D eigenvalue weighted by Gasteiger charge is -2.31. The number of hydrogen-bond acceptors (Lipinski definition) is 4. The highest BCUT2D eigenvalue weighted by molar-refractivity contribution is 5.75. The molecule has 0 unspecified atom stereocenters. The Labute approximate surface area is 139 Å². The van der Waals surface area contributed by atoms with E-state index in [2.05, 4.69) is 19.1 Å². The molecule has 1 aromatic rings. The van der Waals surface area contributed by atoms with E-state index in [0.29, 0.717) is 6.42 Å². The van der Waals surface area contributed by atoms with E-state index in [9.17, 15) is 4.79 Å². The minimum absolute atomic E-state index is 0.100. The van der Waals surface area contributed by atoms with E-state index in [4.69, 9.17) is 15.2 Å². The molecule has 2 N–H and O–H groups in total. The van der Waals surface area contributed by atoms with E-state index < -0.39 is 6.04 Å². The SMILES string of the molecule is CCCO[C@H]1CCC[C@H](N)C(=O)O[C@@H](C)[C@@H]1Cc1ccccc1. The summed E-state index contributed by atoms with van der Waals surface area (Å²) >= 11 is 0. The summed E-state index contributed by atoms with van der Waals surface area (Å²) < 4.78 is 11.8. The molecule has 4 heteroatoms. The maximum absolute atomic E-state index is 12.1. The Morgan fingerprint density at radius 2 is 2.00 bits per heavy atom. The molecule has 0 radical (unpaired) electrons. The van der Waals surface area contributed by atoms with E-state index in [1.54, 1.807) is 0 Å². The highest BCUT2D eigenvalue weighted by Crippen LogP contribution is 2.27. The average molecular weight is 319 g/mol. The fourth-order valence-electron chi connectivity index (χ4n) is 3.19. The molecule has 128 valence electrons. The lowest BCUT2D eigenvalue weighted by molar-refractivity contribution is -0.154. The second-order valence-electron chi connectivity index (χ2n) is 6.44. The van der Waals surface area contributed by atoms with Crippen molar-refractivity contribution in [3.05, 3.63) is 35.9 Å². The van der Waals surface area contributed by atoms with E-state index in [1.165, 1.54) is 5.56 Å². The number of rotatable bonds is 5. The first-order valence-corrected chi connectivity index (χ1v) is 8.73. The van der Waals surface area contributed by atoms with Crippen LogP contribution < -0.4 is 5.73 Å². The van der Waals surface area contributed by atoms with Crippen molar-refractivity contribution in [3.63, 3.8) is 0 Å². The molecule has 0 amide bonds. The molecule has 0 spiro atoms. The second-order valence-corrected chi connectivity index (χ2v) is 6.44. The molecule has 4 atom stereocenters. The largest absolute Gasteiger partial charge is 0.461 e.